The smallest absolute Gasteiger partial charge is 0.229 e. The largest absolute Gasteiger partial charge is 0.495 e. The molecule has 0 saturated carbocycles. The van der Waals surface area contributed by atoms with E-state index in [0.717, 1.165) is 49.6 Å². The molecule has 0 spiro atoms. The van der Waals surface area contributed by atoms with E-state index in [9.17, 15) is 4.79 Å². The fraction of sp³-hybridized carbons (Fsp3) is 0.458. The summed E-state index contributed by atoms with van der Waals surface area (Å²) in [7, 11) is 1.70. The fourth-order valence-corrected chi connectivity index (χ4v) is 3.89. The highest BCUT2D eigenvalue weighted by molar-refractivity contribution is 5.83. The fourth-order valence-electron chi connectivity index (χ4n) is 3.89. The molecule has 2 aromatic carbocycles. The summed E-state index contributed by atoms with van der Waals surface area (Å²) in [5.41, 5.74) is 3.54. The summed E-state index contributed by atoms with van der Waals surface area (Å²) in [5.74, 6) is 1.64. The number of rotatable bonds is 6. The summed E-state index contributed by atoms with van der Waals surface area (Å²) in [5, 5.41) is 0. The van der Waals surface area contributed by atoms with E-state index < -0.39 is 0 Å². The summed E-state index contributed by atoms with van der Waals surface area (Å²) < 4.78 is 5.48. The molecular formula is C24H32N2O2. The van der Waals surface area contributed by atoms with E-state index in [1.807, 2.05) is 30.0 Å². The van der Waals surface area contributed by atoms with E-state index >= 15 is 0 Å². The van der Waals surface area contributed by atoms with Crippen LogP contribution < -0.4 is 9.64 Å². The third kappa shape index (κ3) is 4.67. The molecule has 150 valence electrons. The van der Waals surface area contributed by atoms with Crippen molar-refractivity contribution >= 4 is 11.6 Å². The molecule has 0 N–H and O–H groups in total. The zero-order chi connectivity index (χ0) is 20.1. The van der Waals surface area contributed by atoms with Crippen LogP contribution >= 0.6 is 0 Å². The first-order chi connectivity index (χ1) is 13.5. The van der Waals surface area contributed by atoms with Gasteiger partial charge < -0.3 is 14.5 Å². The average molecular weight is 381 g/mol. The lowest BCUT2D eigenvalue weighted by Gasteiger charge is -2.37. The lowest BCUT2D eigenvalue weighted by atomic mass is 9.95. The van der Waals surface area contributed by atoms with Crippen LogP contribution in [0.1, 0.15) is 37.8 Å². The first-order valence-corrected chi connectivity index (χ1v) is 10.2. The third-order valence-corrected chi connectivity index (χ3v) is 5.51. The molecule has 4 heteroatoms. The molecule has 3 rings (SSSR count). The van der Waals surface area contributed by atoms with Gasteiger partial charge in [0.25, 0.3) is 0 Å². The Morgan fingerprint density at radius 1 is 0.964 bits per heavy atom. The van der Waals surface area contributed by atoms with Gasteiger partial charge in [-0.25, -0.2) is 0 Å². The van der Waals surface area contributed by atoms with Crippen molar-refractivity contribution < 1.29 is 9.53 Å². The summed E-state index contributed by atoms with van der Waals surface area (Å²) in [6, 6.07) is 16.6. The van der Waals surface area contributed by atoms with Gasteiger partial charge in [0.15, 0.2) is 0 Å². The Bertz CT molecular complexity index is 777. The molecule has 0 aromatic heterocycles. The number of nitrogens with zero attached hydrogens (tertiary/aromatic N) is 2. The zero-order valence-electron chi connectivity index (χ0n) is 17.5. The van der Waals surface area contributed by atoms with E-state index in [1.165, 1.54) is 5.56 Å². The Balaban J connectivity index is 1.60. The summed E-state index contributed by atoms with van der Waals surface area (Å²) in [6.45, 7) is 9.61. The second-order valence-corrected chi connectivity index (χ2v) is 8.05. The highest BCUT2D eigenvalue weighted by atomic mass is 16.5. The van der Waals surface area contributed by atoms with Crippen LogP contribution in [0, 0.1) is 5.92 Å². The zero-order valence-corrected chi connectivity index (χ0v) is 17.5. The number of amides is 1. The Morgan fingerprint density at radius 2 is 1.61 bits per heavy atom. The van der Waals surface area contributed by atoms with Gasteiger partial charge in [0.2, 0.25) is 5.91 Å². The molecule has 28 heavy (non-hydrogen) atoms. The number of methoxy groups -OCH3 is 1. The number of benzene rings is 2. The first-order valence-electron chi connectivity index (χ1n) is 10.2. The number of piperazine rings is 1. The van der Waals surface area contributed by atoms with E-state index in [4.69, 9.17) is 4.74 Å². The normalized spacial score (nSPS) is 15.6. The molecule has 0 bridgehead atoms. The second-order valence-electron chi connectivity index (χ2n) is 8.05. The topological polar surface area (TPSA) is 32.8 Å². The Morgan fingerprint density at radius 3 is 2.21 bits per heavy atom. The third-order valence-electron chi connectivity index (χ3n) is 5.51. The van der Waals surface area contributed by atoms with Crippen molar-refractivity contribution in [1.29, 1.82) is 0 Å². The summed E-state index contributed by atoms with van der Waals surface area (Å²) in [4.78, 5) is 17.3. The molecule has 1 unspecified atom stereocenters. The van der Waals surface area contributed by atoms with Gasteiger partial charge in [-0.3, -0.25) is 4.79 Å². The van der Waals surface area contributed by atoms with Crippen molar-refractivity contribution in [2.45, 2.75) is 33.1 Å². The van der Waals surface area contributed by atoms with Crippen LogP contribution in [-0.2, 0) is 11.2 Å². The van der Waals surface area contributed by atoms with Crippen LogP contribution in [0.2, 0.25) is 0 Å². The van der Waals surface area contributed by atoms with E-state index in [2.05, 4.69) is 49.1 Å². The van der Waals surface area contributed by atoms with Crippen LogP contribution in [0.4, 0.5) is 5.69 Å². The monoisotopic (exact) mass is 380 g/mol. The Kier molecular flexibility index (Phi) is 6.61. The van der Waals surface area contributed by atoms with Crippen LogP contribution in [0.5, 0.6) is 5.75 Å². The molecule has 0 aliphatic carbocycles. The molecular weight excluding hydrogens is 348 g/mol. The highest BCUT2D eigenvalue weighted by Crippen LogP contribution is 2.29. The number of carbonyl (C=O) groups is 1. The molecule has 1 fully saturated rings. The van der Waals surface area contributed by atoms with E-state index in [1.54, 1.807) is 7.11 Å². The molecule has 2 aromatic rings. The van der Waals surface area contributed by atoms with E-state index in [-0.39, 0.29) is 11.8 Å². The average Bonchev–Trinajstić information content (AvgIpc) is 2.73. The number of hydrogen-bond acceptors (Lipinski definition) is 3. The maximum atomic E-state index is 13.0. The molecule has 1 aliphatic heterocycles. The maximum absolute atomic E-state index is 13.0. The molecule has 4 nitrogen and oxygen atoms in total. The van der Waals surface area contributed by atoms with Crippen molar-refractivity contribution in [1.82, 2.24) is 4.90 Å². The molecule has 0 radical (unpaired) electrons. The Hall–Kier alpha value is -2.49. The van der Waals surface area contributed by atoms with Gasteiger partial charge >= 0.3 is 0 Å². The number of hydrogen-bond donors (Lipinski definition) is 0. The predicted octanol–water partition coefficient (Wildman–Crippen LogP) is 4.35. The van der Waals surface area contributed by atoms with Crippen LogP contribution in [0.25, 0.3) is 0 Å². The van der Waals surface area contributed by atoms with Crippen molar-refractivity contribution in [2.75, 3.05) is 38.2 Å². The second kappa shape index (κ2) is 9.13. The van der Waals surface area contributed by atoms with Gasteiger partial charge in [0.05, 0.1) is 18.7 Å². The molecule has 1 amide bonds. The van der Waals surface area contributed by atoms with Crippen LogP contribution in [0.15, 0.2) is 48.5 Å². The number of para-hydroxylation sites is 2. The minimum absolute atomic E-state index is 0.106. The predicted molar refractivity (Wildman–Crippen MR) is 115 cm³/mol. The van der Waals surface area contributed by atoms with Gasteiger partial charge in [-0.15, -0.1) is 0 Å². The van der Waals surface area contributed by atoms with Crippen molar-refractivity contribution in [3.05, 3.63) is 59.7 Å². The Labute approximate surface area is 169 Å². The maximum Gasteiger partial charge on any atom is 0.229 e. The molecule has 1 heterocycles. The first kappa shape index (κ1) is 20.2. The van der Waals surface area contributed by atoms with Gasteiger partial charge in [-0.1, -0.05) is 50.2 Å². The van der Waals surface area contributed by atoms with Crippen molar-refractivity contribution in [2.24, 2.45) is 5.92 Å². The molecule has 1 atom stereocenters. The van der Waals surface area contributed by atoms with Crippen LogP contribution in [-0.4, -0.2) is 44.1 Å². The minimum Gasteiger partial charge on any atom is -0.495 e. The highest BCUT2D eigenvalue weighted by Gasteiger charge is 2.26. The van der Waals surface area contributed by atoms with Crippen molar-refractivity contribution in [3.8, 4) is 5.75 Å². The van der Waals surface area contributed by atoms with Gasteiger partial charge in [0, 0.05) is 26.2 Å². The van der Waals surface area contributed by atoms with Crippen molar-refractivity contribution in [3.63, 3.8) is 0 Å². The molecule has 1 aliphatic rings. The number of anilines is 1. The van der Waals surface area contributed by atoms with Gasteiger partial charge in [0.1, 0.15) is 5.75 Å². The SMILES string of the molecule is COc1ccccc1N1CCN(C(=O)C(C)c2ccc(CC(C)C)cc2)CC1. The van der Waals surface area contributed by atoms with Crippen LogP contribution in [0.3, 0.4) is 0 Å². The standard InChI is InChI=1S/C24H32N2O2/c1-18(2)17-20-9-11-21(12-10-20)19(3)24(27)26-15-13-25(14-16-26)22-7-5-6-8-23(22)28-4/h5-12,18-19H,13-17H2,1-4H3. The quantitative estimate of drug-likeness (QED) is 0.747. The summed E-state index contributed by atoms with van der Waals surface area (Å²) >= 11 is 0. The molecule has 1 saturated heterocycles. The lowest BCUT2D eigenvalue weighted by molar-refractivity contribution is -0.132. The summed E-state index contributed by atoms with van der Waals surface area (Å²) in [6.07, 6.45) is 1.08. The van der Waals surface area contributed by atoms with E-state index in [0.29, 0.717) is 5.92 Å². The van der Waals surface area contributed by atoms with Gasteiger partial charge in [-0.05, 0) is 42.5 Å². The number of ether oxygens (including phenoxy) is 1. The van der Waals surface area contributed by atoms with Gasteiger partial charge in [-0.2, -0.15) is 0 Å². The lowest BCUT2D eigenvalue weighted by Crippen LogP contribution is -2.49. The minimum atomic E-state index is -0.106. The number of carbonyl (C=O) groups excluding carboxylic acids is 1.